The molecule has 0 saturated carbocycles. The molecule has 1 aliphatic rings. The molecule has 2 N–H and O–H groups in total. The Hall–Kier alpha value is -2.90. The number of halogens is 1. The van der Waals surface area contributed by atoms with Gasteiger partial charge in [0.15, 0.2) is 0 Å². The standard InChI is InChI=1S/C24H26FN3O2S/c1-18(28-15-14-20-4-2-3-5-24(20)28)16-27-31(29,30)23-12-10-22(11-13-23)26-17-19-6-8-21(25)9-7-19/h2-13,18,26-27H,14-17H2,1H3. The van der Waals surface area contributed by atoms with Crippen LogP contribution in [-0.2, 0) is 23.0 Å². The summed E-state index contributed by atoms with van der Waals surface area (Å²) in [7, 11) is -3.60. The molecule has 1 aliphatic heterocycles. The zero-order valence-electron chi connectivity index (χ0n) is 17.4. The molecule has 3 aromatic rings. The number of hydrogen-bond donors (Lipinski definition) is 2. The Morgan fingerprint density at radius 2 is 1.71 bits per heavy atom. The van der Waals surface area contributed by atoms with E-state index in [4.69, 9.17) is 0 Å². The largest absolute Gasteiger partial charge is 0.381 e. The Labute approximate surface area is 183 Å². The topological polar surface area (TPSA) is 61.4 Å². The van der Waals surface area contributed by atoms with Crippen LogP contribution in [0, 0.1) is 5.82 Å². The molecule has 3 aromatic carbocycles. The van der Waals surface area contributed by atoms with Gasteiger partial charge in [0.1, 0.15) is 5.82 Å². The van der Waals surface area contributed by atoms with Crippen molar-refractivity contribution in [3.8, 4) is 0 Å². The number of fused-ring (bicyclic) bond motifs is 1. The third-order valence-electron chi connectivity index (χ3n) is 5.60. The molecule has 1 unspecified atom stereocenters. The highest BCUT2D eigenvalue weighted by Crippen LogP contribution is 2.29. The summed E-state index contributed by atoms with van der Waals surface area (Å²) in [5.41, 5.74) is 4.23. The summed E-state index contributed by atoms with van der Waals surface area (Å²) in [6.07, 6.45) is 0.986. The van der Waals surface area contributed by atoms with Gasteiger partial charge in [0.25, 0.3) is 0 Å². The number of hydrogen-bond acceptors (Lipinski definition) is 4. The second-order valence-corrected chi connectivity index (χ2v) is 9.54. The molecule has 4 rings (SSSR count). The molecule has 0 fully saturated rings. The first kappa shape index (κ1) is 21.3. The summed E-state index contributed by atoms with van der Waals surface area (Å²) in [5.74, 6) is -0.269. The third-order valence-corrected chi connectivity index (χ3v) is 7.04. The van der Waals surface area contributed by atoms with Crippen LogP contribution in [-0.4, -0.2) is 27.5 Å². The predicted molar refractivity (Wildman–Crippen MR) is 122 cm³/mol. The smallest absolute Gasteiger partial charge is 0.240 e. The van der Waals surface area contributed by atoms with Gasteiger partial charge in [0, 0.05) is 37.1 Å². The van der Waals surface area contributed by atoms with E-state index in [1.165, 1.54) is 23.4 Å². The maximum atomic E-state index is 13.0. The van der Waals surface area contributed by atoms with Gasteiger partial charge >= 0.3 is 0 Å². The highest BCUT2D eigenvalue weighted by atomic mass is 32.2. The Kier molecular flexibility index (Phi) is 6.25. The zero-order chi connectivity index (χ0) is 21.8. The van der Waals surface area contributed by atoms with Gasteiger partial charge in [-0.2, -0.15) is 0 Å². The van der Waals surface area contributed by atoms with Gasteiger partial charge in [-0.3, -0.25) is 0 Å². The van der Waals surface area contributed by atoms with Gasteiger partial charge < -0.3 is 10.2 Å². The first-order chi connectivity index (χ1) is 14.9. The maximum Gasteiger partial charge on any atom is 0.240 e. The van der Waals surface area contributed by atoms with E-state index >= 15 is 0 Å². The van der Waals surface area contributed by atoms with Crippen LogP contribution >= 0.6 is 0 Å². The molecular formula is C24H26FN3O2S. The van der Waals surface area contributed by atoms with Crippen LogP contribution in [0.15, 0.2) is 77.7 Å². The molecule has 1 atom stereocenters. The van der Waals surface area contributed by atoms with E-state index in [2.05, 4.69) is 27.1 Å². The molecule has 0 amide bonds. The van der Waals surface area contributed by atoms with Crippen molar-refractivity contribution in [2.45, 2.75) is 30.8 Å². The quantitative estimate of drug-likeness (QED) is 0.553. The SMILES string of the molecule is CC(CNS(=O)(=O)c1ccc(NCc2ccc(F)cc2)cc1)N1CCc2ccccc21. The van der Waals surface area contributed by atoms with Gasteiger partial charge in [-0.05, 0) is 66.9 Å². The molecule has 0 aliphatic carbocycles. The average molecular weight is 440 g/mol. The normalized spacial score (nSPS) is 14.3. The summed E-state index contributed by atoms with van der Waals surface area (Å²) in [4.78, 5) is 2.48. The molecule has 31 heavy (non-hydrogen) atoms. The number of nitrogens with one attached hydrogen (secondary N) is 2. The lowest BCUT2D eigenvalue weighted by molar-refractivity contribution is 0.566. The van der Waals surface area contributed by atoms with Crippen LogP contribution in [0.5, 0.6) is 0 Å². The molecule has 0 saturated heterocycles. The van der Waals surface area contributed by atoms with E-state index in [-0.39, 0.29) is 16.8 Å². The lowest BCUT2D eigenvalue weighted by Gasteiger charge is -2.27. The van der Waals surface area contributed by atoms with Crippen LogP contribution in [0.2, 0.25) is 0 Å². The summed E-state index contributed by atoms with van der Waals surface area (Å²) < 4.78 is 41.2. The average Bonchev–Trinajstić information content (AvgIpc) is 3.22. The second kappa shape index (κ2) is 9.08. The fraction of sp³-hybridized carbons (Fsp3) is 0.250. The number of anilines is 2. The van der Waals surface area contributed by atoms with Gasteiger partial charge in [-0.25, -0.2) is 17.5 Å². The molecule has 0 radical (unpaired) electrons. The fourth-order valence-electron chi connectivity index (χ4n) is 3.80. The van der Waals surface area contributed by atoms with Gasteiger partial charge in [0.2, 0.25) is 10.0 Å². The van der Waals surface area contributed by atoms with Crippen LogP contribution in [0.25, 0.3) is 0 Å². The number of benzene rings is 3. The highest BCUT2D eigenvalue weighted by molar-refractivity contribution is 7.89. The first-order valence-electron chi connectivity index (χ1n) is 10.3. The fourth-order valence-corrected chi connectivity index (χ4v) is 4.93. The summed E-state index contributed by atoms with van der Waals surface area (Å²) in [5, 5.41) is 3.21. The van der Waals surface area contributed by atoms with E-state index in [0.717, 1.165) is 24.2 Å². The summed E-state index contributed by atoms with van der Waals surface area (Å²) in [6, 6.07) is 21.2. The molecule has 0 aromatic heterocycles. The molecule has 0 spiro atoms. The van der Waals surface area contributed by atoms with Crippen molar-refractivity contribution in [3.63, 3.8) is 0 Å². The van der Waals surface area contributed by atoms with Crippen molar-refractivity contribution >= 4 is 21.4 Å². The maximum absolute atomic E-state index is 13.0. The van der Waals surface area contributed by atoms with Crippen molar-refractivity contribution in [1.29, 1.82) is 0 Å². The Morgan fingerprint density at radius 3 is 2.45 bits per heavy atom. The number of sulfonamides is 1. The van der Waals surface area contributed by atoms with Gasteiger partial charge in [-0.1, -0.05) is 30.3 Å². The van der Waals surface area contributed by atoms with Crippen LogP contribution in [0.4, 0.5) is 15.8 Å². The van der Waals surface area contributed by atoms with E-state index in [0.29, 0.717) is 13.1 Å². The highest BCUT2D eigenvalue weighted by Gasteiger charge is 2.24. The molecule has 7 heteroatoms. The minimum atomic E-state index is -3.60. The van der Waals surface area contributed by atoms with E-state index in [1.54, 1.807) is 36.4 Å². The molecular weight excluding hydrogens is 413 g/mol. The monoisotopic (exact) mass is 439 g/mol. The van der Waals surface area contributed by atoms with Crippen molar-refractivity contribution in [2.75, 3.05) is 23.3 Å². The van der Waals surface area contributed by atoms with Gasteiger partial charge in [0.05, 0.1) is 4.90 Å². The Balaban J connectivity index is 1.33. The lowest BCUT2D eigenvalue weighted by Crippen LogP contribution is -2.41. The Morgan fingerprint density at radius 1 is 1.00 bits per heavy atom. The predicted octanol–water partition coefficient (Wildman–Crippen LogP) is 4.17. The molecule has 1 heterocycles. The van der Waals surface area contributed by atoms with Crippen molar-refractivity contribution < 1.29 is 12.8 Å². The number of nitrogens with zero attached hydrogens (tertiary/aromatic N) is 1. The molecule has 0 bridgehead atoms. The molecule has 162 valence electrons. The van der Waals surface area contributed by atoms with E-state index in [9.17, 15) is 12.8 Å². The van der Waals surface area contributed by atoms with Crippen molar-refractivity contribution in [1.82, 2.24) is 4.72 Å². The van der Waals surface area contributed by atoms with Crippen LogP contribution < -0.4 is 14.9 Å². The zero-order valence-corrected chi connectivity index (χ0v) is 18.2. The minimum Gasteiger partial charge on any atom is -0.381 e. The number of rotatable bonds is 8. The van der Waals surface area contributed by atoms with E-state index < -0.39 is 10.0 Å². The van der Waals surface area contributed by atoms with E-state index in [1.807, 2.05) is 19.1 Å². The summed E-state index contributed by atoms with van der Waals surface area (Å²) >= 11 is 0. The second-order valence-electron chi connectivity index (χ2n) is 7.78. The third kappa shape index (κ3) is 5.06. The first-order valence-corrected chi connectivity index (χ1v) is 11.8. The lowest BCUT2D eigenvalue weighted by atomic mass is 10.2. The van der Waals surface area contributed by atoms with Crippen molar-refractivity contribution in [3.05, 3.63) is 89.7 Å². The molecule has 5 nitrogen and oxygen atoms in total. The van der Waals surface area contributed by atoms with Gasteiger partial charge in [-0.15, -0.1) is 0 Å². The number of para-hydroxylation sites is 1. The summed E-state index contributed by atoms with van der Waals surface area (Å²) in [6.45, 7) is 3.80. The van der Waals surface area contributed by atoms with Crippen LogP contribution in [0.1, 0.15) is 18.1 Å². The minimum absolute atomic E-state index is 0.0510. The van der Waals surface area contributed by atoms with Crippen molar-refractivity contribution in [2.24, 2.45) is 0 Å². The van der Waals surface area contributed by atoms with Crippen LogP contribution in [0.3, 0.4) is 0 Å². The Bertz CT molecular complexity index is 1130.